The number of halogens is 4. The van der Waals surface area contributed by atoms with Gasteiger partial charge in [0.05, 0.1) is 17.6 Å². The Labute approximate surface area is 301 Å². The largest absolute Gasteiger partial charge is 0.461 e. The normalized spacial score (nSPS) is 24.9. The van der Waals surface area contributed by atoms with Crippen LogP contribution in [0.4, 0.5) is 19.0 Å². The van der Waals surface area contributed by atoms with Gasteiger partial charge in [0.25, 0.3) is 5.91 Å². The van der Waals surface area contributed by atoms with Gasteiger partial charge in [0.1, 0.15) is 29.1 Å². The minimum absolute atomic E-state index is 0.0105. The number of fused-ring (bicyclic) bond motifs is 5. The predicted octanol–water partition coefficient (Wildman–Crippen LogP) is 7.84. The van der Waals surface area contributed by atoms with Gasteiger partial charge in [-0.3, -0.25) is 9.69 Å². The second-order valence-electron chi connectivity index (χ2n) is 14.0. The second-order valence-corrected chi connectivity index (χ2v) is 15.4. The van der Waals surface area contributed by atoms with E-state index in [1.807, 2.05) is 41.3 Å². The molecular weight excluding hydrogens is 697 g/mol. The molecule has 4 saturated heterocycles. The van der Waals surface area contributed by atoms with Crippen LogP contribution in [0.5, 0.6) is 6.01 Å². The Bertz CT molecular complexity index is 2180. The molecule has 0 spiro atoms. The minimum Gasteiger partial charge on any atom is -0.461 e. The highest BCUT2D eigenvalue weighted by atomic mass is 35.5. The number of rotatable bonds is 7. The maximum Gasteiger partial charge on any atom is 0.319 e. The molecule has 2 bridgehead atoms. The van der Waals surface area contributed by atoms with Crippen molar-refractivity contribution in [2.75, 3.05) is 37.7 Å². The van der Waals surface area contributed by atoms with Crippen LogP contribution in [0.3, 0.4) is 0 Å². The summed E-state index contributed by atoms with van der Waals surface area (Å²) in [4.78, 5) is 32.8. The number of hydrogen-bond acceptors (Lipinski definition) is 8. The zero-order valence-electron chi connectivity index (χ0n) is 27.6. The van der Waals surface area contributed by atoms with Gasteiger partial charge in [-0.25, -0.2) is 18.2 Å². The molecule has 2 unspecified atom stereocenters. The molecule has 4 aliphatic rings. The van der Waals surface area contributed by atoms with Crippen molar-refractivity contribution in [1.29, 1.82) is 0 Å². The maximum atomic E-state index is 17.0. The van der Waals surface area contributed by atoms with E-state index in [1.54, 1.807) is 28.6 Å². The number of thiazole rings is 1. The van der Waals surface area contributed by atoms with E-state index in [4.69, 9.17) is 21.3 Å². The van der Waals surface area contributed by atoms with Crippen molar-refractivity contribution in [3.05, 3.63) is 81.8 Å². The lowest BCUT2D eigenvalue weighted by atomic mass is 9.95. The zero-order valence-corrected chi connectivity index (χ0v) is 29.1. The monoisotopic (exact) mass is 730 g/mol. The van der Waals surface area contributed by atoms with Crippen LogP contribution in [-0.2, 0) is 4.79 Å². The van der Waals surface area contributed by atoms with Crippen LogP contribution in [-0.4, -0.2) is 87.2 Å². The first-order chi connectivity index (χ1) is 24.8. The highest BCUT2D eigenvalue weighted by molar-refractivity contribution is 7.10. The molecule has 4 aliphatic heterocycles. The average Bonchev–Trinajstić information content (AvgIpc) is 3.90. The fourth-order valence-corrected chi connectivity index (χ4v) is 9.65. The first-order valence-electron chi connectivity index (χ1n) is 17.3. The first-order valence-corrected chi connectivity index (χ1v) is 18.6. The van der Waals surface area contributed by atoms with Crippen molar-refractivity contribution >= 4 is 62.4 Å². The van der Waals surface area contributed by atoms with E-state index in [0.29, 0.717) is 71.3 Å². The summed E-state index contributed by atoms with van der Waals surface area (Å²) in [5.41, 5.74) is 0.625. The van der Waals surface area contributed by atoms with E-state index in [2.05, 4.69) is 14.9 Å². The van der Waals surface area contributed by atoms with Crippen LogP contribution in [0.2, 0.25) is 5.02 Å². The van der Waals surface area contributed by atoms with E-state index in [-0.39, 0.29) is 30.2 Å². The standard InChI is InChI=1S/C38H34ClF3N6O2S/c39-29-7-2-5-22-4-1-6-26(32(22)29)27-10-11-28-34(33(27)42)44-37(50-21-38-12-3-14-47(38)18-23(40)17-38)45-35(28)46-19-24-8-9-25(20-46)48(24)36(49)30(41)16-31-43-13-15-51-31/h1-2,4-7,10-11,13,15-16,23-25H,3,8-9,12,14,17-21H2/b30-16-/t23-,24?,25?,38+/m1/s1. The summed E-state index contributed by atoms with van der Waals surface area (Å²) in [6.45, 7) is 2.13. The quantitative estimate of drug-likeness (QED) is 0.158. The SMILES string of the molecule is O=C(/C(F)=C/c1nccs1)N1C2CCC1CN(c1nc(OC[C@@]34CCCN3C[C@H](F)C4)nc3c(F)c(-c4cccc5cccc(Cl)c45)ccc13)C2. The average molecular weight is 731 g/mol. The van der Waals surface area contributed by atoms with Gasteiger partial charge in [-0.15, -0.1) is 11.3 Å². The molecule has 4 atom stereocenters. The molecule has 6 heterocycles. The summed E-state index contributed by atoms with van der Waals surface area (Å²) in [6.07, 6.45) is 5.37. The number of amides is 1. The van der Waals surface area contributed by atoms with E-state index < -0.39 is 29.3 Å². The Hall–Kier alpha value is -4.26. The summed E-state index contributed by atoms with van der Waals surface area (Å²) in [5, 5.41) is 4.79. The number of anilines is 1. The summed E-state index contributed by atoms with van der Waals surface area (Å²) in [6, 6.07) is 14.3. The number of carbonyl (C=O) groups is 1. The van der Waals surface area contributed by atoms with Crippen molar-refractivity contribution < 1.29 is 22.7 Å². The molecule has 51 heavy (non-hydrogen) atoms. The van der Waals surface area contributed by atoms with Crippen LogP contribution < -0.4 is 9.64 Å². The van der Waals surface area contributed by atoms with Crippen LogP contribution >= 0.6 is 22.9 Å². The molecule has 13 heteroatoms. The molecule has 3 aromatic carbocycles. The van der Waals surface area contributed by atoms with Gasteiger partial charge in [-0.2, -0.15) is 9.97 Å². The Kier molecular flexibility index (Phi) is 8.16. The van der Waals surface area contributed by atoms with Crippen molar-refractivity contribution in [2.45, 2.75) is 55.9 Å². The number of ether oxygens (including phenoxy) is 1. The summed E-state index contributed by atoms with van der Waals surface area (Å²) >= 11 is 7.91. The fourth-order valence-electron chi connectivity index (χ4n) is 8.81. The van der Waals surface area contributed by atoms with E-state index >= 15 is 8.78 Å². The molecule has 8 nitrogen and oxygen atoms in total. The Balaban J connectivity index is 1.10. The van der Waals surface area contributed by atoms with Gasteiger partial charge >= 0.3 is 6.01 Å². The molecule has 0 radical (unpaired) electrons. The molecule has 2 aromatic heterocycles. The molecule has 262 valence electrons. The number of benzene rings is 3. The Morgan fingerprint density at radius 2 is 1.86 bits per heavy atom. The molecule has 5 aromatic rings. The lowest BCUT2D eigenvalue weighted by molar-refractivity contribution is -0.131. The number of carbonyl (C=O) groups excluding carboxylic acids is 1. The molecule has 9 rings (SSSR count). The molecule has 0 N–H and O–H groups in total. The summed E-state index contributed by atoms with van der Waals surface area (Å²) < 4.78 is 53.0. The van der Waals surface area contributed by atoms with Gasteiger partial charge in [0.2, 0.25) is 0 Å². The number of hydrogen-bond donors (Lipinski definition) is 0. The van der Waals surface area contributed by atoms with Crippen LogP contribution in [0.1, 0.15) is 37.1 Å². The number of aromatic nitrogens is 3. The van der Waals surface area contributed by atoms with E-state index in [0.717, 1.165) is 30.2 Å². The third-order valence-corrected chi connectivity index (χ3v) is 12.1. The molecule has 4 fully saturated rings. The van der Waals surface area contributed by atoms with Crippen molar-refractivity contribution in [3.63, 3.8) is 0 Å². The predicted molar refractivity (Wildman–Crippen MR) is 193 cm³/mol. The van der Waals surface area contributed by atoms with Gasteiger partial charge in [0.15, 0.2) is 11.6 Å². The van der Waals surface area contributed by atoms with Gasteiger partial charge in [0, 0.05) is 65.1 Å². The zero-order chi connectivity index (χ0) is 34.9. The highest BCUT2D eigenvalue weighted by Gasteiger charge is 2.50. The van der Waals surface area contributed by atoms with Crippen LogP contribution in [0.15, 0.2) is 65.9 Å². The van der Waals surface area contributed by atoms with E-state index in [1.165, 1.54) is 17.4 Å². The fraction of sp³-hybridized carbons (Fsp3) is 0.368. The van der Waals surface area contributed by atoms with Gasteiger partial charge in [-0.05, 0) is 55.3 Å². The third kappa shape index (κ3) is 5.62. The van der Waals surface area contributed by atoms with Crippen molar-refractivity contribution in [1.82, 2.24) is 24.8 Å². The molecular formula is C38H34ClF3N6O2S. The number of piperazine rings is 1. The molecule has 0 aliphatic carbocycles. The van der Waals surface area contributed by atoms with Crippen LogP contribution in [0.25, 0.3) is 38.9 Å². The maximum absolute atomic E-state index is 17.0. The second kappa shape index (κ2) is 12.8. The molecule has 1 amide bonds. The number of nitrogens with zero attached hydrogens (tertiary/aromatic N) is 6. The van der Waals surface area contributed by atoms with Gasteiger partial charge in [-0.1, -0.05) is 48.0 Å². The Morgan fingerprint density at radius 1 is 1.06 bits per heavy atom. The first kappa shape index (κ1) is 32.6. The smallest absolute Gasteiger partial charge is 0.319 e. The lowest BCUT2D eigenvalue weighted by Gasteiger charge is -2.41. The third-order valence-electron chi connectivity index (χ3n) is 11.1. The van der Waals surface area contributed by atoms with Crippen molar-refractivity contribution in [2.24, 2.45) is 0 Å². The summed E-state index contributed by atoms with van der Waals surface area (Å²) in [7, 11) is 0. The van der Waals surface area contributed by atoms with E-state index in [9.17, 15) is 9.18 Å². The Morgan fingerprint density at radius 3 is 2.65 bits per heavy atom. The minimum atomic E-state index is -0.926. The molecule has 0 saturated carbocycles. The highest BCUT2D eigenvalue weighted by Crippen LogP contribution is 2.43. The number of alkyl halides is 1. The summed E-state index contributed by atoms with van der Waals surface area (Å²) in [5.74, 6) is -1.55. The topological polar surface area (TPSA) is 74.7 Å². The van der Waals surface area contributed by atoms with Crippen LogP contribution in [0, 0.1) is 5.82 Å². The lowest BCUT2D eigenvalue weighted by Crippen LogP contribution is -2.56. The van der Waals surface area contributed by atoms with Crippen molar-refractivity contribution in [3.8, 4) is 17.1 Å². The van der Waals surface area contributed by atoms with Gasteiger partial charge < -0.3 is 14.5 Å².